The molecule has 2 aliphatic rings. The number of rotatable bonds is 5. The number of nitriles is 1. The summed E-state index contributed by atoms with van der Waals surface area (Å²) >= 11 is 0. The molecule has 2 rings (SSSR count). The van der Waals surface area contributed by atoms with E-state index < -0.39 is 10.2 Å². The highest BCUT2D eigenvalue weighted by atomic mass is 32.2. The topological polar surface area (TPSA) is 67.6 Å². The van der Waals surface area contributed by atoms with Gasteiger partial charge in [0.2, 0.25) is 0 Å². The lowest BCUT2D eigenvalue weighted by Gasteiger charge is -2.28. The van der Waals surface area contributed by atoms with Gasteiger partial charge in [-0.1, -0.05) is 0 Å². The second kappa shape index (κ2) is 7.73. The fourth-order valence-electron chi connectivity index (χ4n) is 3.47. The predicted octanol–water partition coefficient (Wildman–Crippen LogP) is 1.27. The van der Waals surface area contributed by atoms with Crippen LogP contribution in [0.2, 0.25) is 0 Å². The highest BCUT2D eigenvalue weighted by Crippen LogP contribution is 2.23. The molecule has 2 unspecified atom stereocenters. The van der Waals surface area contributed by atoms with E-state index in [1.165, 1.54) is 17.1 Å². The van der Waals surface area contributed by atoms with Crippen molar-refractivity contribution >= 4 is 10.2 Å². The van der Waals surface area contributed by atoms with E-state index in [-0.39, 0.29) is 12.5 Å². The van der Waals surface area contributed by atoms with Crippen LogP contribution in [0, 0.1) is 17.2 Å². The zero-order chi connectivity index (χ0) is 16.2. The molecule has 0 bridgehead atoms. The molecule has 0 aromatic heterocycles. The normalized spacial score (nSPS) is 26.7. The molecule has 2 saturated heterocycles. The molecule has 0 amide bonds. The maximum atomic E-state index is 12.6. The Bertz CT molecular complexity index is 496. The van der Waals surface area contributed by atoms with Crippen LogP contribution < -0.4 is 0 Å². The van der Waals surface area contributed by atoms with Crippen LogP contribution in [0.25, 0.3) is 0 Å². The first-order chi connectivity index (χ1) is 10.4. The van der Waals surface area contributed by atoms with Gasteiger partial charge in [-0.15, -0.1) is 0 Å². The van der Waals surface area contributed by atoms with E-state index in [4.69, 9.17) is 5.26 Å². The van der Waals surface area contributed by atoms with Crippen LogP contribution in [0.5, 0.6) is 0 Å². The smallest absolute Gasteiger partial charge is 0.281 e. The summed E-state index contributed by atoms with van der Waals surface area (Å²) in [5, 5.41) is 8.87. The van der Waals surface area contributed by atoms with E-state index >= 15 is 0 Å². The Labute approximate surface area is 134 Å². The minimum atomic E-state index is -3.44. The standard InChI is InChI=1S/C15H28N4O2S/c1-14(12-16)13-17(2)22(20,21)19-10-5-6-15(7-11-19)18-8-3-4-9-18/h14-15H,3-11,13H2,1-2H3. The van der Waals surface area contributed by atoms with Gasteiger partial charge in [0.1, 0.15) is 0 Å². The van der Waals surface area contributed by atoms with Crippen LogP contribution in [-0.2, 0) is 10.2 Å². The SMILES string of the molecule is CC(C#N)CN(C)S(=O)(=O)N1CCCC(N2CCCC2)CC1. The molecule has 126 valence electrons. The van der Waals surface area contributed by atoms with E-state index in [1.807, 2.05) is 0 Å². The van der Waals surface area contributed by atoms with Gasteiger partial charge in [-0.05, 0) is 52.1 Å². The minimum Gasteiger partial charge on any atom is -0.300 e. The van der Waals surface area contributed by atoms with Crippen molar-refractivity contribution in [2.24, 2.45) is 5.92 Å². The molecule has 2 atom stereocenters. The largest absolute Gasteiger partial charge is 0.300 e. The number of nitrogens with zero attached hydrogens (tertiary/aromatic N) is 4. The van der Waals surface area contributed by atoms with Crippen molar-refractivity contribution in [2.75, 3.05) is 39.8 Å². The Hall–Kier alpha value is -0.680. The van der Waals surface area contributed by atoms with Crippen LogP contribution in [0.3, 0.4) is 0 Å². The lowest BCUT2D eigenvalue weighted by Crippen LogP contribution is -2.44. The average molecular weight is 328 g/mol. The van der Waals surface area contributed by atoms with Crippen molar-refractivity contribution in [1.82, 2.24) is 13.5 Å². The van der Waals surface area contributed by atoms with E-state index in [0.29, 0.717) is 19.1 Å². The molecule has 0 N–H and O–H groups in total. The second-order valence-electron chi connectivity index (χ2n) is 6.55. The number of hydrogen-bond acceptors (Lipinski definition) is 4. The maximum absolute atomic E-state index is 12.6. The molecule has 7 heteroatoms. The number of hydrogen-bond donors (Lipinski definition) is 0. The molecule has 6 nitrogen and oxygen atoms in total. The van der Waals surface area contributed by atoms with Crippen LogP contribution in [-0.4, -0.2) is 67.7 Å². The molecule has 0 radical (unpaired) electrons. The third-order valence-electron chi connectivity index (χ3n) is 4.79. The summed E-state index contributed by atoms with van der Waals surface area (Å²) in [6.07, 6.45) is 5.47. The van der Waals surface area contributed by atoms with Crippen LogP contribution >= 0.6 is 0 Å². The quantitative estimate of drug-likeness (QED) is 0.762. The molecule has 2 aliphatic heterocycles. The number of likely N-dealkylation sites (tertiary alicyclic amines) is 1. The molecule has 0 aromatic rings. The summed E-state index contributed by atoms with van der Waals surface area (Å²) in [5.41, 5.74) is 0. The van der Waals surface area contributed by atoms with E-state index in [1.54, 1.807) is 18.3 Å². The highest BCUT2D eigenvalue weighted by Gasteiger charge is 2.32. The van der Waals surface area contributed by atoms with Gasteiger partial charge in [-0.3, -0.25) is 0 Å². The summed E-state index contributed by atoms with van der Waals surface area (Å²) in [6, 6.07) is 2.63. The zero-order valence-corrected chi connectivity index (χ0v) is 14.6. The molecule has 22 heavy (non-hydrogen) atoms. The first-order valence-electron chi connectivity index (χ1n) is 8.30. The van der Waals surface area contributed by atoms with E-state index in [9.17, 15) is 8.42 Å². The Morgan fingerprint density at radius 3 is 2.50 bits per heavy atom. The lowest BCUT2D eigenvalue weighted by molar-refractivity contribution is 0.222. The third-order valence-corrected chi connectivity index (χ3v) is 6.74. The predicted molar refractivity (Wildman–Crippen MR) is 86.3 cm³/mol. The summed E-state index contributed by atoms with van der Waals surface area (Å²) in [4.78, 5) is 2.53. The maximum Gasteiger partial charge on any atom is 0.281 e. The van der Waals surface area contributed by atoms with Gasteiger partial charge in [0.25, 0.3) is 10.2 Å². The van der Waals surface area contributed by atoms with E-state index in [0.717, 1.165) is 32.4 Å². The summed E-state index contributed by atoms with van der Waals surface area (Å²) in [7, 11) is -1.87. The van der Waals surface area contributed by atoms with E-state index in [2.05, 4.69) is 11.0 Å². The Morgan fingerprint density at radius 2 is 1.86 bits per heavy atom. The molecular weight excluding hydrogens is 300 g/mol. The fourth-order valence-corrected chi connectivity index (χ4v) is 4.98. The van der Waals surface area contributed by atoms with Gasteiger partial charge >= 0.3 is 0 Å². The molecule has 0 saturated carbocycles. The molecule has 0 spiro atoms. The van der Waals surface area contributed by atoms with Crippen molar-refractivity contribution in [3.63, 3.8) is 0 Å². The first-order valence-corrected chi connectivity index (χ1v) is 9.70. The van der Waals surface area contributed by atoms with Crippen LogP contribution in [0.4, 0.5) is 0 Å². The third kappa shape index (κ3) is 4.19. The second-order valence-corrected chi connectivity index (χ2v) is 8.58. The van der Waals surface area contributed by atoms with Gasteiger partial charge < -0.3 is 4.90 Å². The summed E-state index contributed by atoms with van der Waals surface area (Å²) < 4.78 is 28.2. The lowest BCUT2D eigenvalue weighted by atomic mass is 10.1. The first kappa shape index (κ1) is 17.7. The van der Waals surface area contributed by atoms with Gasteiger partial charge in [-0.2, -0.15) is 22.3 Å². The monoisotopic (exact) mass is 328 g/mol. The zero-order valence-electron chi connectivity index (χ0n) is 13.7. The highest BCUT2D eigenvalue weighted by molar-refractivity contribution is 7.86. The van der Waals surface area contributed by atoms with Gasteiger partial charge in [0.05, 0.1) is 12.0 Å². The van der Waals surface area contributed by atoms with Crippen LogP contribution in [0.15, 0.2) is 0 Å². The molecule has 0 aromatic carbocycles. The van der Waals surface area contributed by atoms with Crippen molar-refractivity contribution in [3.8, 4) is 6.07 Å². The summed E-state index contributed by atoms with van der Waals surface area (Å²) in [5.74, 6) is -0.288. The van der Waals surface area contributed by atoms with Crippen LogP contribution in [0.1, 0.15) is 39.0 Å². The average Bonchev–Trinajstić information content (AvgIpc) is 2.91. The van der Waals surface area contributed by atoms with Gasteiger partial charge in [-0.25, -0.2) is 0 Å². The van der Waals surface area contributed by atoms with Crippen molar-refractivity contribution < 1.29 is 8.42 Å². The summed E-state index contributed by atoms with van der Waals surface area (Å²) in [6.45, 7) is 5.52. The van der Waals surface area contributed by atoms with Gasteiger partial charge in [0.15, 0.2) is 0 Å². The Morgan fingerprint density at radius 1 is 1.18 bits per heavy atom. The molecule has 2 heterocycles. The molecule has 0 aliphatic carbocycles. The van der Waals surface area contributed by atoms with Gasteiger partial charge in [0, 0.05) is 32.7 Å². The fraction of sp³-hybridized carbons (Fsp3) is 0.933. The van der Waals surface area contributed by atoms with Crippen molar-refractivity contribution in [1.29, 1.82) is 5.26 Å². The minimum absolute atomic E-state index is 0.255. The molecule has 2 fully saturated rings. The molecular formula is C15H28N4O2S. The van der Waals surface area contributed by atoms with Crippen molar-refractivity contribution in [3.05, 3.63) is 0 Å². The van der Waals surface area contributed by atoms with Crippen molar-refractivity contribution in [2.45, 2.75) is 45.1 Å². The Kier molecular flexibility index (Phi) is 6.21. The Balaban J connectivity index is 1.95.